The Morgan fingerprint density at radius 2 is 1.83 bits per heavy atom. The second-order valence-electron chi connectivity index (χ2n) is 6.00. The molecule has 0 aromatic heterocycles. The average Bonchev–Trinajstić information content (AvgIpc) is 3.14. The molecule has 2 saturated carbocycles. The van der Waals surface area contributed by atoms with Crippen LogP contribution < -0.4 is 5.32 Å². The van der Waals surface area contributed by atoms with Crippen molar-refractivity contribution in [2.75, 3.05) is 19.8 Å². The van der Waals surface area contributed by atoms with Gasteiger partial charge < -0.3 is 10.1 Å². The molecule has 0 bridgehead atoms. The van der Waals surface area contributed by atoms with Crippen molar-refractivity contribution in [1.82, 2.24) is 5.32 Å². The number of halogens is 3. The van der Waals surface area contributed by atoms with Crippen molar-refractivity contribution in [1.29, 1.82) is 0 Å². The normalized spacial score (nSPS) is 24.0. The minimum atomic E-state index is -4.21. The molecule has 18 heavy (non-hydrogen) atoms. The summed E-state index contributed by atoms with van der Waals surface area (Å²) < 4.78 is 40.7. The number of rotatable bonds is 8. The SMILES string of the molecule is CC(CCOCC(F)(F)F)(CNC1CC1)C1CC1. The molecule has 2 aliphatic rings. The third kappa shape index (κ3) is 4.76. The third-order valence-electron chi connectivity index (χ3n) is 4.02. The molecule has 1 unspecified atom stereocenters. The van der Waals surface area contributed by atoms with E-state index in [2.05, 4.69) is 12.2 Å². The zero-order valence-corrected chi connectivity index (χ0v) is 10.9. The fraction of sp³-hybridized carbons (Fsp3) is 1.00. The molecule has 0 heterocycles. The Morgan fingerprint density at radius 1 is 1.17 bits per heavy atom. The van der Waals surface area contributed by atoms with Gasteiger partial charge in [0.2, 0.25) is 0 Å². The third-order valence-corrected chi connectivity index (χ3v) is 4.02. The van der Waals surface area contributed by atoms with Gasteiger partial charge in [-0.2, -0.15) is 13.2 Å². The second kappa shape index (κ2) is 5.37. The molecule has 2 aliphatic carbocycles. The first-order valence-electron chi connectivity index (χ1n) is 6.77. The zero-order valence-electron chi connectivity index (χ0n) is 10.9. The van der Waals surface area contributed by atoms with Crippen LogP contribution in [0.1, 0.15) is 39.0 Å². The standard InChI is InChI=1S/C13H22F3NO/c1-12(10-2-3-10,8-17-11-4-5-11)6-7-18-9-13(14,15)16/h10-11,17H,2-9H2,1H3. The molecule has 0 aromatic rings. The predicted octanol–water partition coefficient (Wildman–Crippen LogP) is 3.12. The van der Waals surface area contributed by atoms with Crippen LogP contribution >= 0.6 is 0 Å². The van der Waals surface area contributed by atoms with Crippen LogP contribution in [0.5, 0.6) is 0 Å². The Morgan fingerprint density at radius 3 is 2.33 bits per heavy atom. The molecular weight excluding hydrogens is 243 g/mol. The van der Waals surface area contributed by atoms with Crippen LogP contribution in [0.2, 0.25) is 0 Å². The molecule has 0 saturated heterocycles. The van der Waals surface area contributed by atoms with E-state index in [0.717, 1.165) is 6.54 Å². The lowest BCUT2D eigenvalue weighted by Gasteiger charge is -2.30. The average molecular weight is 265 g/mol. The summed E-state index contributed by atoms with van der Waals surface area (Å²) in [7, 11) is 0. The van der Waals surface area contributed by atoms with Crippen LogP contribution in [0, 0.1) is 11.3 Å². The molecule has 1 N–H and O–H groups in total. The van der Waals surface area contributed by atoms with Gasteiger partial charge >= 0.3 is 6.18 Å². The molecule has 0 aromatic carbocycles. The van der Waals surface area contributed by atoms with Crippen LogP contribution in [0.3, 0.4) is 0 Å². The lowest BCUT2D eigenvalue weighted by Crippen LogP contribution is -2.36. The molecule has 0 spiro atoms. The first kappa shape index (κ1) is 14.1. The molecule has 0 radical (unpaired) electrons. The highest BCUT2D eigenvalue weighted by Crippen LogP contribution is 2.47. The highest BCUT2D eigenvalue weighted by atomic mass is 19.4. The summed E-state index contributed by atoms with van der Waals surface area (Å²) in [6.45, 7) is 2.18. The van der Waals surface area contributed by atoms with E-state index in [9.17, 15) is 13.2 Å². The van der Waals surface area contributed by atoms with Crippen molar-refractivity contribution >= 4 is 0 Å². The van der Waals surface area contributed by atoms with E-state index in [0.29, 0.717) is 18.4 Å². The van der Waals surface area contributed by atoms with E-state index in [-0.39, 0.29) is 12.0 Å². The van der Waals surface area contributed by atoms with Crippen molar-refractivity contribution in [3.05, 3.63) is 0 Å². The summed E-state index contributed by atoms with van der Waals surface area (Å²) in [5.74, 6) is 0.665. The van der Waals surface area contributed by atoms with Crippen molar-refractivity contribution in [2.45, 2.75) is 51.2 Å². The maximum Gasteiger partial charge on any atom is 0.411 e. The summed E-state index contributed by atoms with van der Waals surface area (Å²) in [4.78, 5) is 0. The molecule has 1 atom stereocenters. The summed E-state index contributed by atoms with van der Waals surface area (Å²) in [6, 6.07) is 0.652. The molecule has 5 heteroatoms. The first-order chi connectivity index (χ1) is 8.39. The molecular formula is C13H22F3NO. The first-order valence-corrected chi connectivity index (χ1v) is 6.77. The highest BCUT2D eigenvalue weighted by Gasteiger charge is 2.42. The molecule has 2 fully saturated rings. The van der Waals surface area contributed by atoms with Gasteiger partial charge in [-0.05, 0) is 43.4 Å². The molecule has 0 amide bonds. The Bertz CT molecular complexity index is 274. The van der Waals surface area contributed by atoms with Gasteiger partial charge in [-0.25, -0.2) is 0 Å². The van der Waals surface area contributed by atoms with E-state index >= 15 is 0 Å². The monoisotopic (exact) mass is 265 g/mol. The van der Waals surface area contributed by atoms with Crippen molar-refractivity contribution in [2.24, 2.45) is 11.3 Å². The van der Waals surface area contributed by atoms with Gasteiger partial charge in [0.05, 0.1) is 0 Å². The van der Waals surface area contributed by atoms with Crippen molar-refractivity contribution < 1.29 is 17.9 Å². The maximum atomic E-state index is 12.0. The van der Waals surface area contributed by atoms with Gasteiger partial charge in [0.1, 0.15) is 6.61 Å². The van der Waals surface area contributed by atoms with Gasteiger partial charge in [0.25, 0.3) is 0 Å². The predicted molar refractivity (Wildman–Crippen MR) is 63.3 cm³/mol. The van der Waals surface area contributed by atoms with E-state index in [1.807, 2.05) is 0 Å². The number of ether oxygens (including phenoxy) is 1. The molecule has 2 nitrogen and oxygen atoms in total. The topological polar surface area (TPSA) is 21.3 Å². The van der Waals surface area contributed by atoms with Gasteiger partial charge in [-0.1, -0.05) is 6.92 Å². The molecule has 2 rings (SSSR count). The van der Waals surface area contributed by atoms with Gasteiger partial charge in [0, 0.05) is 19.2 Å². The maximum absolute atomic E-state index is 12.0. The Kier molecular flexibility index (Phi) is 4.22. The number of alkyl halides is 3. The Hall–Kier alpha value is -0.290. The van der Waals surface area contributed by atoms with Crippen LogP contribution in [-0.4, -0.2) is 32.0 Å². The minimum Gasteiger partial charge on any atom is -0.372 e. The molecule has 0 aliphatic heterocycles. The number of hydrogen-bond donors (Lipinski definition) is 1. The summed E-state index contributed by atoms with van der Waals surface area (Å²) in [5.41, 5.74) is 0.105. The zero-order chi connectivity index (χ0) is 13.2. The Labute approximate surface area is 106 Å². The highest BCUT2D eigenvalue weighted by molar-refractivity contribution is 4.94. The van der Waals surface area contributed by atoms with E-state index in [1.165, 1.54) is 25.7 Å². The second-order valence-corrected chi connectivity index (χ2v) is 6.00. The minimum absolute atomic E-state index is 0.105. The van der Waals surface area contributed by atoms with Crippen LogP contribution in [0.25, 0.3) is 0 Å². The van der Waals surface area contributed by atoms with Gasteiger partial charge in [-0.15, -0.1) is 0 Å². The van der Waals surface area contributed by atoms with Crippen molar-refractivity contribution in [3.63, 3.8) is 0 Å². The summed E-state index contributed by atoms with van der Waals surface area (Å²) >= 11 is 0. The van der Waals surface area contributed by atoms with Crippen LogP contribution in [0.15, 0.2) is 0 Å². The van der Waals surface area contributed by atoms with Crippen LogP contribution in [0.4, 0.5) is 13.2 Å². The lowest BCUT2D eigenvalue weighted by atomic mass is 9.81. The number of hydrogen-bond acceptors (Lipinski definition) is 2. The fourth-order valence-electron chi connectivity index (χ4n) is 2.38. The molecule has 106 valence electrons. The largest absolute Gasteiger partial charge is 0.411 e. The van der Waals surface area contributed by atoms with E-state index in [1.54, 1.807) is 0 Å². The van der Waals surface area contributed by atoms with Crippen molar-refractivity contribution in [3.8, 4) is 0 Å². The Balaban J connectivity index is 1.68. The van der Waals surface area contributed by atoms with Gasteiger partial charge in [-0.3, -0.25) is 0 Å². The van der Waals surface area contributed by atoms with E-state index in [4.69, 9.17) is 4.74 Å². The van der Waals surface area contributed by atoms with E-state index < -0.39 is 12.8 Å². The summed E-state index contributed by atoms with van der Waals surface area (Å²) in [5, 5.41) is 3.50. The quantitative estimate of drug-likeness (QED) is 0.681. The van der Waals surface area contributed by atoms with Crippen LogP contribution in [-0.2, 0) is 4.74 Å². The fourth-order valence-corrected chi connectivity index (χ4v) is 2.38. The summed E-state index contributed by atoms with van der Waals surface area (Å²) in [6.07, 6.45) is 1.41. The smallest absolute Gasteiger partial charge is 0.372 e. The lowest BCUT2D eigenvalue weighted by molar-refractivity contribution is -0.175. The van der Waals surface area contributed by atoms with Gasteiger partial charge in [0.15, 0.2) is 0 Å². The number of nitrogens with one attached hydrogen (secondary N) is 1.